The lowest BCUT2D eigenvalue weighted by Crippen LogP contribution is -2.32. The number of hydrogen-bond acceptors (Lipinski definition) is 3. The molecule has 1 aromatic rings. The lowest BCUT2D eigenvalue weighted by atomic mass is 10.4. The van der Waals surface area contributed by atoms with Crippen LogP contribution in [0.3, 0.4) is 0 Å². The van der Waals surface area contributed by atoms with Gasteiger partial charge in [0, 0.05) is 30.6 Å². The fourth-order valence-corrected chi connectivity index (χ4v) is 2.49. The van der Waals surface area contributed by atoms with Crippen LogP contribution in [0.2, 0.25) is 4.34 Å². The molecule has 1 heterocycles. The molecule has 15 heavy (non-hydrogen) atoms. The van der Waals surface area contributed by atoms with Crippen molar-refractivity contribution in [2.75, 3.05) is 20.1 Å². The van der Waals surface area contributed by atoms with Gasteiger partial charge in [0.1, 0.15) is 0 Å². The zero-order valence-corrected chi connectivity index (χ0v) is 11.2. The van der Waals surface area contributed by atoms with Crippen LogP contribution in [0, 0.1) is 0 Å². The Kier molecular flexibility index (Phi) is 5.61. The third-order valence-electron chi connectivity index (χ3n) is 2.10. The molecule has 0 amide bonds. The second-order valence-electron chi connectivity index (χ2n) is 4.05. The van der Waals surface area contributed by atoms with E-state index in [-0.39, 0.29) is 0 Å². The van der Waals surface area contributed by atoms with E-state index in [0.717, 1.165) is 24.0 Å². The van der Waals surface area contributed by atoms with Crippen LogP contribution >= 0.6 is 22.9 Å². The van der Waals surface area contributed by atoms with Crippen molar-refractivity contribution in [1.82, 2.24) is 10.2 Å². The van der Waals surface area contributed by atoms with Crippen molar-refractivity contribution in [2.45, 2.75) is 26.4 Å². The highest BCUT2D eigenvalue weighted by Crippen LogP contribution is 2.22. The van der Waals surface area contributed by atoms with E-state index in [1.54, 1.807) is 11.3 Å². The maximum atomic E-state index is 5.88. The molecule has 0 unspecified atom stereocenters. The van der Waals surface area contributed by atoms with Crippen LogP contribution in [0.5, 0.6) is 0 Å². The van der Waals surface area contributed by atoms with Crippen molar-refractivity contribution in [3.63, 3.8) is 0 Å². The maximum Gasteiger partial charge on any atom is 0.0931 e. The van der Waals surface area contributed by atoms with Gasteiger partial charge in [-0.15, -0.1) is 11.3 Å². The van der Waals surface area contributed by atoms with E-state index in [4.69, 9.17) is 11.6 Å². The predicted molar refractivity (Wildman–Crippen MR) is 68.8 cm³/mol. The molecule has 0 aromatic carbocycles. The van der Waals surface area contributed by atoms with Gasteiger partial charge in [-0.1, -0.05) is 25.4 Å². The van der Waals surface area contributed by atoms with Gasteiger partial charge in [-0.25, -0.2) is 0 Å². The van der Waals surface area contributed by atoms with Crippen LogP contribution in [-0.2, 0) is 6.54 Å². The molecular weight excluding hydrogens is 228 g/mol. The van der Waals surface area contributed by atoms with Crippen molar-refractivity contribution >= 4 is 22.9 Å². The van der Waals surface area contributed by atoms with Gasteiger partial charge < -0.3 is 10.2 Å². The molecule has 1 N–H and O–H groups in total. The van der Waals surface area contributed by atoms with Crippen molar-refractivity contribution in [1.29, 1.82) is 0 Å². The van der Waals surface area contributed by atoms with E-state index >= 15 is 0 Å². The van der Waals surface area contributed by atoms with E-state index in [2.05, 4.69) is 37.2 Å². The van der Waals surface area contributed by atoms with Crippen molar-refractivity contribution in [3.05, 3.63) is 21.3 Å². The van der Waals surface area contributed by atoms with Gasteiger partial charge >= 0.3 is 0 Å². The molecule has 0 fully saturated rings. The summed E-state index contributed by atoms with van der Waals surface area (Å²) in [5.74, 6) is 0. The van der Waals surface area contributed by atoms with Crippen LogP contribution in [0.4, 0.5) is 0 Å². The highest BCUT2D eigenvalue weighted by molar-refractivity contribution is 7.16. The zero-order valence-electron chi connectivity index (χ0n) is 9.59. The van der Waals surface area contributed by atoms with Crippen LogP contribution in [-0.4, -0.2) is 31.1 Å². The summed E-state index contributed by atoms with van der Waals surface area (Å²) in [5, 5.41) is 3.40. The molecule has 0 saturated carbocycles. The lowest BCUT2D eigenvalue weighted by molar-refractivity contribution is 0.322. The Morgan fingerprint density at radius 1 is 1.47 bits per heavy atom. The second-order valence-corrected chi connectivity index (χ2v) is 5.85. The molecule has 0 bridgehead atoms. The van der Waals surface area contributed by atoms with Crippen LogP contribution < -0.4 is 5.32 Å². The molecule has 1 rings (SSSR count). The van der Waals surface area contributed by atoms with Gasteiger partial charge in [0.2, 0.25) is 0 Å². The molecule has 86 valence electrons. The molecule has 0 saturated heterocycles. The molecule has 0 radical (unpaired) electrons. The quantitative estimate of drug-likeness (QED) is 0.831. The van der Waals surface area contributed by atoms with Gasteiger partial charge in [-0.2, -0.15) is 0 Å². The van der Waals surface area contributed by atoms with Gasteiger partial charge in [0.15, 0.2) is 0 Å². The SMILES string of the molecule is CC(C)NCCN(C)Cc1ccc(Cl)s1. The molecule has 4 heteroatoms. The molecule has 0 spiro atoms. The number of nitrogens with one attached hydrogen (secondary N) is 1. The first kappa shape index (κ1) is 13.0. The van der Waals surface area contributed by atoms with Crippen molar-refractivity contribution in [2.24, 2.45) is 0 Å². The van der Waals surface area contributed by atoms with Crippen molar-refractivity contribution in [3.8, 4) is 0 Å². The summed E-state index contributed by atoms with van der Waals surface area (Å²) >= 11 is 7.54. The lowest BCUT2D eigenvalue weighted by Gasteiger charge is -2.17. The van der Waals surface area contributed by atoms with Crippen LogP contribution in [0.1, 0.15) is 18.7 Å². The molecule has 0 aliphatic heterocycles. The fraction of sp³-hybridized carbons (Fsp3) is 0.636. The maximum absolute atomic E-state index is 5.88. The van der Waals surface area contributed by atoms with Gasteiger partial charge in [-0.05, 0) is 19.2 Å². The predicted octanol–water partition coefficient (Wildman–Crippen LogP) is 2.83. The largest absolute Gasteiger partial charge is 0.313 e. The Balaban J connectivity index is 2.21. The number of likely N-dealkylation sites (N-methyl/N-ethyl adjacent to an activating group) is 1. The standard InChI is InChI=1S/C11H19ClN2S/c1-9(2)13-6-7-14(3)8-10-4-5-11(12)15-10/h4-5,9,13H,6-8H2,1-3H3. The highest BCUT2D eigenvalue weighted by atomic mass is 35.5. The third kappa shape index (κ3) is 5.52. The summed E-state index contributed by atoms with van der Waals surface area (Å²) in [4.78, 5) is 3.63. The molecular formula is C11H19ClN2S. The molecule has 0 aliphatic carbocycles. The average molecular weight is 247 g/mol. The number of rotatable bonds is 6. The number of halogens is 1. The van der Waals surface area contributed by atoms with E-state index in [9.17, 15) is 0 Å². The second kappa shape index (κ2) is 6.48. The molecule has 2 nitrogen and oxygen atoms in total. The topological polar surface area (TPSA) is 15.3 Å². The molecule has 1 aromatic heterocycles. The fourth-order valence-electron chi connectivity index (χ4n) is 1.33. The summed E-state index contributed by atoms with van der Waals surface area (Å²) in [7, 11) is 2.13. The first-order chi connectivity index (χ1) is 7.08. The zero-order chi connectivity index (χ0) is 11.3. The van der Waals surface area contributed by atoms with E-state index in [1.807, 2.05) is 6.07 Å². The Morgan fingerprint density at radius 3 is 2.73 bits per heavy atom. The summed E-state index contributed by atoms with van der Waals surface area (Å²) in [6.45, 7) is 7.41. The Labute approximate surface area is 101 Å². The number of hydrogen-bond donors (Lipinski definition) is 1. The Hall–Kier alpha value is -0.0900. The first-order valence-corrected chi connectivity index (χ1v) is 6.43. The molecule has 0 aliphatic rings. The summed E-state index contributed by atoms with van der Waals surface area (Å²) in [6.07, 6.45) is 0. The Bertz CT molecular complexity index is 286. The monoisotopic (exact) mass is 246 g/mol. The van der Waals surface area contributed by atoms with Gasteiger partial charge in [0.25, 0.3) is 0 Å². The Morgan fingerprint density at radius 2 is 2.20 bits per heavy atom. The minimum atomic E-state index is 0.564. The van der Waals surface area contributed by atoms with E-state index < -0.39 is 0 Å². The van der Waals surface area contributed by atoms with E-state index in [0.29, 0.717) is 6.04 Å². The minimum absolute atomic E-state index is 0.564. The summed E-state index contributed by atoms with van der Waals surface area (Å²) < 4.78 is 0.874. The van der Waals surface area contributed by atoms with Gasteiger partial charge in [0.05, 0.1) is 4.34 Å². The highest BCUT2D eigenvalue weighted by Gasteiger charge is 2.03. The van der Waals surface area contributed by atoms with Crippen LogP contribution in [0.15, 0.2) is 12.1 Å². The molecule has 0 atom stereocenters. The average Bonchev–Trinajstić information content (AvgIpc) is 2.50. The first-order valence-electron chi connectivity index (χ1n) is 5.24. The summed E-state index contributed by atoms with van der Waals surface area (Å²) in [5.41, 5.74) is 0. The van der Waals surface area contributed by atoms with Crippen LogP contribution in [0.25, 0.3) is 0 Å². The van der Waals surface area contributed by atoms with E-state index in [1.165, 1.54) is 4.88 Å². The van der Waals surface area contributed by atoms with Crippen molar-refractivity contribution < 1.29 is 0 Å². The summed E-state index contributed by atoms with van der Waals surface area (Å²) in [6, 6.07) is 4.62. The minimum Gasteiger partial charge on any atom is -0.313 e. The third-order valence-corrected chi connectivity index (χ3v) is 3.32. The van der Waals surface area contributed by atoms with Gasteiger partial charge in [-0.3, -0.25) is 0 Å². The number of nitrogens with zero attached hydrogens (tertiary/aromatic N) is 1. The number of thiophene rings is 1. The smallest absolute Gasteiger partial charge is 0.0931 e. The normalized spacial score (nSPS) is 11.6.